The predicted octanol–water partition coefficient (Wildman–Crippen LogP) is 5.95. The van der Waals surface area contributed by atoms with Crippen molar-refractivity contribution in [1.29, 1.82) is 0 Å². The minimum absolute atomic E-state index is 0.110. The quantitative estimate of drug-likeness (QED) is 0.261. The molecular weight excluding hydrogens is 502 g/mol. The molecule has 0 spiro atoms. The average Bonchev–Trinajstić information content (AvgIpc) is 3.40. The van der Waals surface area contributed by atoms with Crippen LogP contribution in [0.3, 0.4) is 0 Å². The first-order valence-electron chi connectivity index (χ1n) is 14.0. The summed E-state index contributed by atoms with van der Waals surface area (Å²) in [6, 6.07) is 22.3. The Morgan fingerprint density at radius 2 is 1.62 bits per heavy atom. The zero-order valence-electron chi connectivity index (χ0n) is 23.2. The smallest absolute Gasteiger partial charge is 0.247 e. The van der Waals surface area contributed by atoms with Gasteiger partial charge in [-0.2, -0.15) is 0 Å². The molecule has 7 nitrogen and oxygen atoms in total. The number of nitrogens with zero attached hydrogens (tertiary/aromatic N) is 1. The van der Waals surface area contributed by atoms with Crippen LogP contribution in [0, 0.1) is 0 Å². The number of carbonyl (C=O) groups excluding carboxylic acids is 2. The van der Waals surface area contributed by atoms with Gasteiger partial charge in [0.15, 0.2) is 0 Å². The molecule has 1 aromatic heterocycles. The van der Waals surface area contributed by atoms with E-state index in [0.29, 0.717) is 11.5 Å². The SMILES string of the molecule is COc1ccc([C@@H](C(=O)NC2CCCCC2)N(Cc2ccccc2OC)C(=O)Cc2c[nH]c3ccccc23)cc1. The Balaban J connectivity index is 1.54. The van der Waals surface area contributed by atoms with Gasteiger partial charge in [-0.25, -0.2) is 0 Å². The number of para-hydroxylation sites is 2. The minimum atomic E-state index is -0.824. The van der Waals surface area contributed by atoms with Gasteiger partial charge in [0.1, 0.15) is 17.5 Å². The second-order valence-corrected chi connectivity index (χ2v) is 10.4. The highest BCUT2D eigenvalue weighted by molar-refractivity contribution is 5.92. The molecule has 1 fully saturated rings. The normalized spacial score (nSPS) is 14.4. The molecule has 0 bridgehead atoms. The fraction of sp³-hybridized carbons (Fsp3) is 0.333. The maximum absolute atomic E-state index is 14.3. The number of aromatic nitrogens is 1. The van der Waals surface area contributed by atoms with Crippen molar-refractivity contribution in [2.75, 3.05) is 14.2 Å². The molecule has 5 rings (SSSR count). The Morgan fingerprint density at radius 1 is 0.900 bits per heavy atom. The number of nitrogens with one attached hydrogen (secondary N) is 2. The molecule has 0 saturated heterocycles. The van der Waals surface area contributed by atoms with Crippen LogP contribution in [0.5, 0.6) is 11.5 Å². The number of aromatic amines is 1. The zero-order chi connectivity index (χ0) is 27.9. The lowest BCUT2D eigenvalue weighted by atomic mass is 9.94. The average molecular weight is 540 g/mol. The Labute approximate surface area is 235 Å². The summed E-state index contributed by atoms with van der Waals surface area (Å²) in [5.74, 6) is 1.06. The molecule has 2 amide bonds. The third kappa shape index (κ3) is 6.14. The van der Waals surface area contributed by atoms with E-state index in [-0.39, 0.29) is 30.8 Å². The predicted molar refractivity (Wildman–Crippen MR) is 156 cm³/mol. The first kappa shape index (κ1) is 27.3. The molecule has 0 unspecified atom stereocenters. The van der Waals surface area contributed by atoms with E-state index in [2.05, 4.69) is 10.3 Å². The van der Waals surface area contributed by atoms with Crippen LogP contribution in [0.15, 0.2) is 79.0 Å². The van der Waals surface area contributed by atoms with Crippen molar-refractivity contribution in [3.63, 3.8) is 0 Å². The van der Waals surface area contributed by atoms with Gasteiger partial charge in [0.25, 0.3) is 0 Å². The monoisotopic (exact) mass is 539 g/mol. The summed E-state index contributed by atoms with van der Waals surface area (Å²) in [5, 5.41) is 4.28. The highest BCUT2D eigenvalue weighted by Crippen LogP contribution is 2.30. The summed E-state index contributed by atoms with van der Waals surface area (Å²) in [5.41, 5.74) is 3.44. The topological polar surface area (TPSA) is 83.7 Å². The number of hydrogen-bond acceptors (Lipinski definition) is 4. The molecule has 1 aliphatic carbocycles. The van der Waals surface area contributed by atoms with Gasteiger partial charge < -0.3 is 24.7 Å². The van der Waals surface area contributed by atoms with Crippen LogP contribution in [0.2, 0.25) is 0 Å². The lowest BCUT2D eigenvalue weighted by Gasteiger charge is -2.34. The van der Waals surface area contributed by atoms with Crippen molar-refractivity contribution in [3.8, 4) is 11.5 Å². The van der Waals surface area contributed by atoms with Crippen molar-refractivity contribution in [2.24, 2.45) is 0 Å². The van der Waals surface area contributed by atoms with E-state index in [4.69, 9.17) is 9.47 Å². The van der Waals surface area contributed by atoms with Crippen LogP contribution in [-0.2, 0) is 22.6 Å². The molecule has 0 aliphatic heterocycles. The van der Waals surface area contributed by atoms with Crippen LogP contribution in [0.1, 0.15) is 54.8 Å². The van der Waals surface area contributed by atoms with Crippen molar-refractivity contribution in [2.45, 2.75) is 57.2 Å². The van der Waals surface area contributed by atoms with Gasteiger partial charge in [0, 0.05) is 28.7 Å². The standard InChI is InChI=1S/C33H37N3O4/c1-39-27-18-16-23(17-19-27)32(33(38)35-26-11-4-3-5-12-26)36(22-24-10-6-9-15-30(24)40-2)31(37)20-25-21-34-29-14-8-7-13-28(25)29/h6-10,13-19,21,26,32,34H,3-5,11-12,20,22H2,1-2H3,(H,35,38)/t32-/m0/s1. The van der Waals surface area contributed by atoms with E-state index in [9.17, 15) is 9.59 Å². The maximum Gasteiger partial charge on any atom is 0.247 e. The van der Waals surface area contributed by atoms with Gasteiger partial charge in [-0.05, 0) is 48.2 Å². The van der Waals surface area contributed by atoms with Crippen molar-refractivity contribution in [3.05, 3.63) is 95.7 Å². The number of ether oxygens (including phenoxy) is 2. The van der Waals surface area contributed by atoms with Gasteiger partial charge in [-0.15, -0.1) is 0 Å². The Morgan fingerprint density at radius 3 is 2.38 bits per heavy atom. The van der Waals surface area contributed by atoms with Crippen LogP contribution in [0.4, 0.5) is 0 Å². The van der Waals surface area contributed by atoms with E-state index in [1.807, 2.05) is 79.0 Å². The first-order valence-corrected chi connectivity index (χ1v) is 14.0. The van der Waals surface area contributed by atoms with E-state index >= 15 is 0 Å². The molecule has 0 radical (unpaired) electrons. The van der Waals surface area contributed by atoms with E-state index < -0.39 is 6.04 Å². The second kappa shape index (κ2) is 12.7. The van der Waals surface area contributed by atoms with Crippen LogP contribution in [0.25, 0.3) is 10.9 Å². The lowest BCUT2D eigenvalue weighted by molar-refractivity contribution is -0.141. The first-order chi connectivity index (χ1) is 19.6. The second-order valence-electron chi connectivity index (χ2n) is 10.4. The van der Waals surface area contributed by atoms with Crippen molar-refractivity contribution in [1.82, 2.24) is 15.2 Å². The van der Waals surface area contributed by atoms with Gasteiger partial charge in [-0.3, -0.25) is 9.59 Å². The van der Waals surface area contributed by atoms with Gasteiger partial charge in [-0.1, -0.05) is 67.8 Å². The van der Waals surface area contributed by atoms with Gasteiger partial charge >= 0.3 is 0 Å². The Kier molecular flexibility index (Phi) is 8.69. The fourth-order valence-electron chi connectivity index (χ4n) is 5.67. The molecule has 1 heterocycles. The van der Waals surface area contributed by atoms with Crippen molar-refractivity contribution < 1.29 is 19.1 Å². The summed E-state index contributed by atoms with van der Waals surface area (Å²) >= 11 is 0. The summed E-state index contributed by atoms with van der Waals surface area (Å²) in [6.45, 7) is 0.222. The number of hydrogen-bond donors (Lipinski definition) is 2. The van der Waals surface area contributed by atoms with Crippen LogP contribution in [-0.4, -0.2) is 42.0 Å². The summed E-state index contributed by atoms with van der Waals surface area (Å²) in [4.78, 5) is 33.3. The molecule has 2 N–H and O–H groups in total. The molecule has 40 heavy (non-hydrogen) atoms. The summed E-state index contributed by atoms with van der Waals surface area (Å²) in [6.07, 6.45) is 7.34. The Bertz CT molecular complexity index is 1440. The maximum atomic E-state index is 14.3. The lowest BCUT2D eigenvalue weighted by Crippen LogP contribution is -2.47. The number of amides is 2. The number of methoxy groups -OCH3 is 2. The number of rotatable bonds is 10. The molecule has 3 aromatic carbocycles. The summed E-state index contributed by atoms with van der Waals surface area (Å²) < 4.78 is 11.0. The van der Waals surface area contributed by atoms with Gasteiger partial charge in [0.2, 0.25) is 11.8 Å². The van der Waals surface area contributed by atoms with Crippen LogP contribution < -0.4 is 14.8 Å². The number of H-pyrrole nitrogens is 1. The molecule has 1 atom stereocenters. The van der Waals surface area contributed by atoms with E-state index in [1.165, 1.54) is 6.42 Å². The summed E-state index contributed by atoms with van der Waals surface area (Å²) in [7, 11) is 3.23. The third-order valence-corrected chi connectivity index (χ3v) is 7.81. The molecule has 1 saturated carbocycles. The van der Waals surface area contributed by atoms with Crippen molar-refractivity contribution >= 4 is 22.7 Å². The minimum Gasteiger partial charge on any atom is -0.497 e. The largest absolute Gasteiger partial charge is 0.497 e. The third-order valence-electron chi connectivity index (χ3n) is 7.81. The molecule has 208 valence electrons. The molecule has 4 aromatic rings. The highest BCUT2D eigenvalue weighted by atomic mass is 16.5. The van der Waals surface area contributed by atoms with E-state index in [1.54, 1.807) is 19.1 Å². The Hall–Kier alpha value is -4.26. The molecular formula is C33H37N3O4. The van der Waals surface area contributed by atoms with E-state index in [0.717, 1.165) is 53.3 Å². The van der Waals surface area contributed by atoms with Crippen LogP contribution >= 0.6 is 0 Å². The molecule has 1 aliphatic rings. The van der Waals surface area contributed by atoms with Gasteiger partial charge in [0.05, 0.1) is 27.2 Å². The number of benzene rings is 3. The highest BCUT2D eigenvalue weighted by Gasteiger charge is 2.34. The molecule has 7 heteroatoms. The zero-order valence-corrected chi connectivity index (χ0v) is 23.2. The fourth-order valence-corrected chi connectivity index (χ4v) is 5.67. The number of fused-ring (bicyclic) bond motifs is 1. The number of carbonyl (C=O) groups is 2.